The van der Waals surface area contributed by atoms with Crippen LogP contribution in [0.1, 0.15) is 45.8 Å². The first-order valence-electron chi connectivity index (χ1n) is 12.8. The number of nitrogens with zero attached hydrogens (tertiary/aromatic N) is 2. The lowest BCUT2D eigenvalue weighted by molar-refractivity contribution is 0.414. The van der Waals surface area contributed by atoms with Gasteiger partial charge in [0.2, 0.25) is 0 Å². The van der Waals surface area contributed by atoms with Gasteiger partial charge < -0.3 is 19.4 Å². The van der Waals surface area contributed by atoms with Crippen molar-refractivity contribution in [1.82, 2.24) is 9.97 Å². The number of H-pyrrole nitrogens is 1. The van der Waals surface area contributed by atoms with Gasteiger partial charge in [-0.2, -0.15) is 0 Å². The lowest BCUT2D eigenvalue weighted by Gasteiger charge is -2.29. The molecule has 1 heterocycles. The maximum absolute atomic E-state index is 16.4. The van der Waals surface area contributed by atoms with Gasteiger partial charge in [-0.25, -0.2) is 9.37 Å². The van der Waals surface area contributed by atoms with Crippen molar-refractivity contribution in [3.63, 3.8) is 0 Å². The number of fused-ring (bicyclic) bond motifs is 1. The summed E-state index contributed by atoms with van der Waals surface area (Å²) in [5.41, 5.74) is 5.74. The first-order chi connectivity index (χ1) is 18.4. The van der Waals surface area contributed by atoms with Crippen molar-refractivity contribution in [3.8, 4) is 11.5 Å². The van der Waals surface area contributed by atoms with Crippen LogP contribution in [0.5, 0.6) is 11.5 Å². The Labute approximate surface area is 222 Å². The number of ether oxygens (including phenoxy) is 2. The number of hydrogen-bond acceptors (Lipinski definition) is 5. The highest BCUT2D eigenvalue weighted by Gasteiger charge is 2.27. The van der Waals surface area contributed by atoms with Crippen molar-refractivity contribution in [3.05, 3.63) is 117 Å². The Morgan fingerprint density at radius 2 is 1.58 bits per heavy atom. The van der Waals surface area contributed by atoms with Gasteiger partial charge in [-0.15, -0.1) is 0 Å². The molecule has 38 heavy (non-hydrogen) atoms. The topological polar surface area (TPSA) is 67.5 Å². The lowest BCUT2D eigenvalue weighted by atomic mass is 9.82. The number of nitrogens with one attached hydrogen (secondary N) is 1. The number of benzene rings is 3. The van der Waals surface area contributed by atoms with E-state index in [4.69, 9.17) is 9.47 Å². The SMILES string of the molecule is COc1ccc(CN(Cc2ccc(OC)cc2)c2cc(C)cc(C3CCc4c(nc[nH]c4=O)C3)c2F)cc1. The highest BCUT2D eigenvalue weighted by Crippen LogP contribution is 2.37. The molecule has 7 heteroatoms. The summed E-state index contributed by atoms with van der Waals surface area (Å²) in [7, 11) is 3.29. The van der Waals surface area contributed by atoms with Crippen molar-refractivity contribution < 1.29 is 13.9 Å². The van der Waals surface area contributed by atoms with E-state index in [1.54, 1.807) is 14.2 Å². The Kier molecular flexibility index (Phi) is 7.45. The monoisotopic (exact) mass is 513 g/mol. The van der Waals surface area contributed by atoms with Crippen molar-refractivity contribution >= 4 is 5.69 Å². The molecule has 6 nitrogen and oxygen atoms in total. The van der Waals surface area contributed by atoms with Crippen molar-refractivity contribution in [2.45, 2.75) is 45.2 Å². The van der Waals surface area contributed by atoms with E-state index in [0.29, 0.717) is 43.6 Å². The summed E-state index contributed by atoms with van der Waals surface area (Å²) < 4.78 is 27.0. The zero-order valence-corrected chi connectivity index (χ0v) is 22.0. The van der Waals surface area contributed by atoms with E-state index in [1.165, 1.54) is 6.33 Å². The van der Waals surface area contributed by atoms with E-state index in [0.717, 1.165) is 39.4 Å². The minimum Gasteiger partial charge on any atom is -0.497 e. The number of aromatic amines is 1. The second kappa shape index (κ2) is 11.1. The molecule has 1 aliphatic carbocycles. The molecule has 196 valence electrons. The van der Waals surface area contributed by atoms with E-state index in [-0.39, 0.29) is 17.3 Å². The zero-order chi connectivity index (χ0) is 26.6. The number of halogens is 1. The van der Waals surface area contributed by atoms with Crippen LogP contribution in [0.2, 0.25) is 0 Å². The second-order valence-corrected chi connectivity index (χ2v) is 9.84. The summed E-state index contributed by atoms with van der Waals surface area (Å²) in [6.07, 6.45) is 3.29. The summed E-state index contributed by atoms with van der Waals surface area (Å²) in [6.45, 7) is 3.06. The van der Waals surface area contributed by atoms with Crippen LogP contribution in [0.25, 0.3) is 0 Å². The van der Waals surface area contributed by atoms with Crippen LogP contribution in [-0.4, -0.2) is 24.2 Å². The predicted octanol–water partition coefficient (Wildman–Crippen LogP) is 5.71. The van der Waals surface area contributed by atoms with Gasteiger partial charge in [-0.3, -0.25) is 4.79 Å². The molecule has 0 saturated carbocycles. The number of anilines is 1. The van der Waals surface area contributed by atoms with Crippen LogP contribution in [0, 0.1) is 12.7 Å². The first kappa shape index (κ1) is 25.5. The van der Waals surface area contributed by atoms with Gasteiger partial charge in [0.05, 0.1) is 31.9 Å². The summed E-state index contributed by atoms with van der Waals surface area (Å²) in [5.74, 6) is 1.31. The van der Waals surface area contributed by atoms with Gasteiger partial charge >= 0.3 is 0 Å². The van der Waals surface area contributed by atoms with E-state index < -0.39 is 0 Å². The molecular formula is C31H32FN3O3. The van der Waals surface area contributed by atoms with Crippen LogP contribution in [0.3, 0.4) is 0 Å². The highest BCUT2D eigenvalue weighted by molar-refractivity contribution is 5.55. The number of aromatic nitrogens is 2. The average Bonchev–Trinajstić information content (AvgIpc) is 2.94. The van der Waals surface area contributed by atoms with Crippen LogP contribution in [0.15, 0.2) is 71.8 Å². The molecule has 0 spiro atoms. The molecule has 1 aliphatic rings. The largest absolute Gasteiger partial charge is 0.497 e. The smallest absolute Gasteiger partial charge is 0.254 e. The molecule has 0 fully saturated rings. The Hall–Kier alpha value is -4.13. The molecule has 0 aliphatic heterocycles. The van der Waals surface area contributed by atoms with Crippen LogP contribution in [0.4, 0.5) is 10.1 Å². The van der Waals surface area contributed by atoms with Gasteiger partial charge in [0.25, 0.3) is 5.56 Å². The standard InChI is InChI=1S/C31H32FN3O3/c1-20-14-27(23-8-13-26-28(16-23)33-19-34-31(26)36)30(32)29(15-20)35(17-21-4-9-24(37-2)10-5-21)18-22-6-11-25(38-3)12-7-22/h4-7,9-12,14-15,19,23H,8,13,16-18H2,1-3H3,(H,33,34,36). The van der Waals surface area contributed by atoms with Crippen LogP contribution >= 0.6 is 0 Å². The van der Waals surface area contributed by atoms with E-state index in [1.807, 2.05) is 67.6 Å². The van der Waals surface area contributed by atoms with Gasteiger partial charge in [0, 0.05) is 18.7 Å². The molecule has 4 aromatic rings. The molecule has 0 amide bonds. The lowest BCUT2D eigenvalue weighted by Crippen LogP contribution is -2.26. The van der Waals surface area contributed by atoms with Gasteiger partial charge in [0.15, 0.2) is 0 Å². The Morgan fingerprint density at radius 1 is 0.974 bits per heavy atom. The van der Waals surface area contributed by atoms with E-state index in [2.05, 4.69) is 14.9 Å². The Bertz CT molecular complexity index is 1420. The average molecular weight is 514 g/mol. The second-order valence-electron chi connectivity index (χ2n) is 9.84. The summed E-state index contributed by atoms with van der Waals surface area (Å²) >= 11 is 0. The maximum Gasteiger partial charge on any atom is 0.254 e. The predicted molar refractivity (Wildman–Crippen MR) is 147 cm³/mol. The highest BCUT2D eigenvalue weighted by atomic mass is 19.1. The zero-order valence-electron chi connectivity index (χ0n) is 22.0. The third kappa shape index (κ3) is 5.42. The number of hydrogen-bond donors (Lipinski definition) is 1. The first-order valence-corrected chi connectivity index (χ1v) is 12.8. The minimum absolute atomic E-state index is 0.0423. The fourth-order valence-electron chi connectivity index (χ4n) is 5.25. The Balaban J connectivity index is 1.51. The maximum atomic E-state index is 16.4. The molecule has 0 radical (unpaired) electrons. The number of aryl methyl sites for hydroxylation is 1. The summed E-state index contributed by atoms with van der Waals surface area (Å²) in [6, 6.07) is 19.6. The Morgan fingerprint density at radius 3 is 2.16 bits per heavy atom. The van der Waals surface area contributed by atoms with Gasteiger partial charge in [-0.05, 0) is 84.7 Å². The molecular weight excluding hydrogens is 481 g/mol. The van der Waals surface area contributed by atoms with Crippen LogP contribution in [-0.2, 0) is 25.9 Å². The molecule has 5 rings (SSSR count). The fraction of sp³-hybridized carbons (Fsp3) is 0.290. The molecule has 1 unspecified atom stereocenters. The quantitative estimate of drug-likeness (QED) is 0.327. The van der Waals surface area contributed by atoms with Gasteiger partial charge in [-0.1, -0.05) is 30.3 Å². The van der Waals surface area contributed by atoms with Crippen molar-refractivity contribution in [2.24, 2.45) is 0 Å². The minimum atomic E-state index is -0.212. The van der Waals surface area contributed by atoms with E-state index in [9.17, 15) is 4.79 Å². The number of methoxy groups -OCH3 is 2. The van der Waals surface area contributed by atoms with Crippen molar-refractivity contribution in [1.29, 1.82) is 0 Å². The normalized spacial score (nSPS) is 14.6. The van der Waals surface area contributed by atoms with Crippen LogP contribution < -0.4 is 19.9 Å². The fourth-order valence-corrected chi connectivity index (χ4v) is 5.25. The molecule has 0 bridgehead atoms. The molecule has 0 saturated heterocycles. The molecule has 1 atom stereocenters. The summed E-state index contributed by atoms with van der Waals surface area (Å²) in [4.78, 5) is 21.3. The van der Waals surface area contributed by atoms with Crippen molar-refractivity contribution in [2.75, 3.05) is 19.1 Å². The summed E-state index contributed by atoms with van der Waals surface area (Å²) in [5, 5.41) is 0. The van der Waals surface area contributed by atoms with E-state index >= 15 is 4.39 Å². The number of rotatable bonds is 8. The third-order valence-corrected chi connectivity index (χ3v) is 7.29. The third-order valence-electron chi connectivity index (χ3n) is 7.29. The molecule has 1 aromatic heterocycles. The molecule has 3 aromatic carbocycles. The molecule has 1 N–H and O–H groups in total. The van der Waals surface area contributed by atoms with Gasteiger partial charge in [0.1, 0.15) is 17.3 Å².